The van der Waals surface area contributed by atoms with Crippen LogP contribution in [0.15, 0.2) is 18.2 Å². The Morgan fingerprint density at radius 1 is 0.789 bits per heavy atom. The number of rotatable bonds is 4. The first-order valence-corrected chi connectivity index (χ1v) is 7.54. The van der Waals surface area contributed by atoms with Crippen LogP contribution < -0.4 is 0 Å². The van der Waals surface area contributed by atoms with Gasteiger partial charge in [-0.25, -0.2) is 0 Å². The highest BCUT2D eigenvalue weighted by Crippen LogP contribution is 2.29. The second-order valence-corrected chi connectivity index (χ2v) is 5.91. The third-order valence-electron chi connectivity index (χ3n) is 4.40. The van der Waals surface area contributed by atoms with Crippen molar-refractivity contribution in [2.24, 2.45) is 0 Å². The molecule has 0 nitrogen and oxygen atoms in total. The fraction of sp³-hybridized carbons (Fsp3) is 0.474. The summed E-state index contributed by atoms with van der Waals surface area (Å²) in [6, 6.07) is 7.14. The summed E-state index contributed by atoms with van der Waals surface area (Å²) >= 11 is 0. The molecule has 2 aromatic rings. The van der Waals surface area contributed by atoms with Crippen molar-refractivity contribution >= 4 is 10.8 Å². The van der Waals surface area contributed by atoms with Crippen molar-refractivity contribution in [2.75, 3.05) is 0 Å². The van der Waals surface area contributed by atoms with Gasteiger partial charge in [-0.15, -0.1) is 0 Å². The van der Waals surface area contributed by atoms with Gasteiger partial charge < -0.3 is 0 Å². The Morgan fingerprint density at radius 2 is 1.53 bits per heavy atom. The lowest BCUT2D eigenvalue weighted by Gasteiger charge is -2.14. The van der Waals surface area contributed by atoms with Crippen molar-refractivity contribution in [3.63, 3.8) is 0 Å². The average Bonchev–Trinajstić information content (AvgIpc) is 2.36. The molecule has 0 aliphatic rings. The van der Waals surface area contributed by atoms with Crippen LogP contribution in [-0.4, -0.2) is 0 Å². The molecule has 0 fully saturated rings. The maximum absolute atomic E-state index is 2.40. The van der Waals surface area contributed by atoms with Crippen LogP contribution in [0.25, 0.3) is 10.8 Å². The van der Waals surface area contributed by atoms with Gasteiger partial charge in [0.25, 0.3) is 0 Å². The molecule has 2 rings (SSSR count). The minimum atomic E-state index is 1.22. The molecular formula is C19H26. The Bertz CT molecular complexity index is 591. The molecule has 0 aromatic heterocycles. The summed E-state index contributed by atoms with van der Waals surface area (Å²) in [6.45, 7) is 11.2. The normalized spacial score (nSPS) is 11.2. The predicted octanol–water partition coefficient (Wildman–Crippen LogP) is 5.81. The molecule has 0 bridgehead atoms. The number of fused-ring (bicyclic) bond motifs is 1. The largest absolute Gasteiger partial charge is 0.0654 e. The molecule has 0 spiro atoms. The van der Waals surface area contributed by atoms with Crippen LogP contribution in [0.1, 0.15) is 54.0 Å². The lowest BCUT2D eigenvalue weighted by atomic mass is 9.91. The molecule has 0 unspecified atom stereocenters. The van der Waals surface area contributed by atoms with Crippen molar-refractivity contribution in [1.29, 1.82) is 0 Å². The first-order chi connectivity index (χ1) is 9.04. The van der Waals surface area contributed by atoms with E-state index in [0.29, 0.717) is 0 Å². The molecule has 0 aliphatic heterocycles. The molecule has 0 heteroatoms. The zero-order valence-corrected chi connectivity index (χ0v) is 13.1. The van der Waals surface area contributed by atoms with Gasteiger partial charge in [0.15, 0.2) is 0 Å². The number of unbranched alkanes of at least 4 members (excludes halogenated alkanes) is 2. The molecule has 0 radical (unpaired) electrons. The van der Waals surface area contributed by atoms with Gasteiger partial charge in [0.1, 0.15) is 0 Å². The standard InChI is InChI=1S/C19H26/c1-6-7-8-9-17-10-14(3)19-16(5)15(4)13(2)11-18(19)12-17/h10-12H,6-9H2,1-5H3. The van der Waals surface area contributed by atoms with Gasteiger partial charge in [-0.2, -0.15) is 0 Å². The van der Waals surface area contributed by atoms with E-state index < -0.39 is 0 Å². The molecule has 102 valence electrons. The fourth-order valence-corrected chi connectivity index (χ4v) is 3.07. The van der Waals surface area contributed by atoms with Gasteiger partial charge in [-0.3, -0.25) is 0 Å². The maximum atomic E-state index is 2.40. The van der Waals surface area contributed by atoms with Crippen molar-refractivity contribution in [2.45, 2.75) is 60.3 Å². The Morgan fingerprint density at radius 3 is 2.21 bits per heavy atom. The van der Waals surface area contributed by atoms with Gasteiger partial charge in [0, 0.05) is 0 Å². The molecule has 0 aliphatic carbocycles. The number of aryl methyl sites for hydroxylation is 4. The maximum Gasteiger partial charge on any atom is -0.0122 e. The summed E-state index contributed by atoms with van der Waals surface area (Å²) in [5.41, 5.74) is 7.24. The lowest BCUT2D eigenvalue weighted by Crippen LogP contribution is -1.94. The van der Waals surface area contributed by atoms with Crippen LogP contribution in [0.3, 0.4) is 0 Å². The van der Waals surface area contributed by atoms with Crippen LogP contribution in [0, 0.1) is 27.7 Å². The molecular weight excluding hydrogens is 228 g/mol. The van der Waals surface area contributed by atoms with Crippen molar-refractivity contribution in [3.05, 3.63) is 46.0 Å². The van der Waals surface area contributed by atoms with Gasteiger partial charge in [0.2, 0.25) is 0 Å². The molecule has 0 N–H and O–H groups in total. The van der Waals surface area contributed by atoms with Crippen LogP contribution in [-0.2, 0) is 6.42 Å². The Labute approximate surface area is 117 Å². The van der Waals surface area contributed by atoms with E-state index in [1.54, 1.807) is 0 Å². The van der Waals surface area contributed by atoms with E-state index in [4.69, 9.17) is 0 Å². The lowest BCUT2D eigenvalue weighted by molar-refractivity contribution is 0.717. The molecule has 2 aromatic carbocycles. The van der Waals surface area contributed by atoms with Crippen LogP contribution in [0.5, 0.6) is 0 Å². The number of hydrogen-bond donors (Lipinski definition) is 0. The van der Waals surface area contributed by atoms with Crippen molar-refractivity contribution in [3.8, 4) is 0 Å². The van der Waals surface area contributed by atoms with Gasteiger partial charge in [0.05, 0.1) is 0 Å². The molecule has 0 saturated carbocycles. The third kappa shape index (κ3) is 2.83. The van der Waals surface area contributed by atoms with E-state index in [-0.39, 0.29) is 0 Å². The summed E-state index contributed by atoms with van der Waals surface area (Å²) in [6.07, 6.45) is 5.16. The monoisotopic (exact) mass is 254 g/mol. The van der Waals surface area contributed by atoms with E-state index in [9.17, 15) is 0 Å². The van der Waals surface area contributed by atoms with Crippen LogP contribution in [0.2, 0.25) is 0 Å². The number of hydrogen-bond acceptors (Lipinski definition) is 0. The number of benzene rings is 2. The van der Waals surface area contributed by atoms with E-state index in [1.807, 2.05) is 0 Å². The highest BCUT2D eigenvalue weighted by Gasteiger charge is 2.08. The zero-order valence-electron chi connectivity index (χ0n) is 13.1. The molecule has 0 amide bonds. The first-order valence-electron chi connectivity index (χ1n) is 7.54. The van der Waals surface area contributed by atoms with E-state index in [1.165, 1.54) is 64.3 Å². The second kappa shape index (κ2) is 5.77. The second-order valence-electron chi connectivity index (χ2n) is 5.91. The van der Waals surface area contributed by atoms with Gasteiger partial charge >= 0.3 is 0 Å². The summed E-state index contributed by atoms with van der Waals surface area (Å²) in [5.74, 6) is 0. The highest BCUT2D eigenvalue weighted by molar-refractivity contribution is 5.91. The van der Waals surface area contributed by atoms with E-state index >= 15 is 0 Å². The third-order valence-corrected chi connectivity index (χ3v) is 4.40. The Balaban J connectivity index is 2.48. The minimum absolute atomic E-state index is 1.22. The minimum Gasteiger partial charge on any atom is -0.0654 e. The van der Waals surface area contributed by atoms with Crippen LogP contribution in [0.4, 0.5) is 0 Å². The molecule has 0 atom stereocenters. The van der Waals surface area contributed by atoms with Crippen LogP contribution >= 0.6 is 0 Å². The Hall–Kier alpha value is -1.30. The van der Waals surface area contributed by atoms with Crippen molar-refractivity contribution < 1.29 is 0 Å². The van der Waals surface area contributed by atoms with Gasteiger partial charge in [-0.1, -0.05) is 38.0 Å². The highest BCUT2D eigenvalue weighted by atomic mass is 14.1. The quantitative estimate of drug-likeness (QED) is 0.604. The molecule has 19 heavy (non-hydrogen) atoms. The summed E-state index contributed by atoms with van der Waals surface area (Å²) < 4.78 is 0. The summed E-state index contributed by atoms with van der Waals surface area (Å²) in [4.78, 5) is 0. The van der Waals surface area contributed by atoms with E-state index in [0.717, 1.165) is 0 Å². The molecule has 0 heterocycles. The topological polar surface area (TPSA) is 0 Å². The first kappa shape index (κ1) is 14.1. The van der Waals surface area contributed by atoms with E-state index in [2.05, 4.69) is 52.8 Å². The fourth-order valence-electron chi connectivity index (χ4n) is 3.07. The van der Waals surface area contributed by atoms with Gasteiger partial charge in [-0.05, 0) is 79.1 Å². The predicted molar refractivity (Wildman–Crippen MR) is 86.1 cm³/mol. The van der Waals surface area contributed by atoms with Crippen molar-refractivity contribution in [1.82, 2.24) is 0 Å². The SMILES string of the molecule is CCCCCc1cc(C)c2c(C)c(C)c(C)cc2c1. The smallest absolute Gasteiger partial charge is 0.0122 e. The average molecular weight is 254 g/mol. The zero-order chi connectivity index (χ0) is 14.0. The molecule has 0 saturated heterocycles. The summed E-state index contributed by atoms with van der Waals surface area (Å²) in [7, 11) is 0. The summed E-state index contributed by atoms with van der Waals surface area (Å²) in [5, 5.41) is 2.88. The Kier molecular flexibility index (Phi) is 4.29.